The van der Waals surface area contributed by atoms with Gasteiger partial charge in [-0.1, -0.05) is 15.9 Å². The summed E-state index contributed by atoms with van der Waals surface area (Å²) in [6, 6.07) is 7.77. The van der Waals surface area contributed by atoms with E-state index in [1.165, 1.54) is 0 Å². The molecule has 3 rings (SSSR count). The number of carbonyl (C=O) groups is 1. The van der Waals surface area contributed by atoms with E-state index in [0.29, 0.717) is 12.2 Å². The van der Waals surface area contributed by atoms with Gasteiger partial charge in [-0.2, -0.15) is 5.10 Å². The highest BCUT2D eigenvalue weighted by Crippen LogP contribution is 2.20. The molecule has 7 heteroatoms. The number of hydrogen-bond donors (Lipinski definition) is 3. The van der Waals surface area contributed by atoms with E-state index < -0.39 is 0 Å². The number of anilines is 1. The highest BCUT2D eigenvalue weighted by atomic mass is 79.9. The van der Waals surface area contributed by atoms with Gasteiger partial charge in [0.25, 0.3) is 0 Å². The number of urea groups is 1. The van der Waals surface area contributed by atoms with Gasteiger partial charge < -0.3 is 15.6 Å². The molecule has 0 atom stereocenters. The number of benzene rings is 1. The number of H-pyrrole nitrogens is 1. The lowest BCUT2D eigenvalue weighted by Gasteiger charge is -2.04. The standard InChI is InChI=1S/C14H14BrN5O/c1-20-8-12(7-17-20)19-14(21)16-6-11-5-9-4-10(15)2-3-13(9)18-11/h2-5,7-8,18H,6H2,1H3,(H2,16,19,21). The summed E-state index contributed by atoms with van der Waals surface area (Å²) in [4.78, 5) is 15.1. The van der Waals surface area contributed by atoms with E-state index in [0.717, 1.165) is 21.1 Å². The van der Waals surface area contributed by atoms with Crippen LogP contribution in [0.25, 0.3) is 10.9 Å². The minimum absolute atomic E-state index is 0.261. The Morgan fingerprint density at radius 2 is 2.29 bits per heavy atom. The van der Waals surface area contributed by atoms with Crippen LogP contribution in [-0.4, -0.2) is 20.8 Å². The van der Waals surface area contributed by atoms with Gasteiger partial charge in [0.1, 0.15) is 0 Å². The van der Waals surface area contributed by atoms with E-state index in [-0.39, 0.29) is 6.03 Å². The van der Waals surface area contributed by atoms with Crippen molar-refractivity contribution in [3.05, 3.63) is 46.8 Å². The first kappa shape index (κ1) is 13.7. The van der Waals surface area contributed by atoms with Crippen molar-refractivity contribution in [3.63, 3.8) is 0 Å². The molecule has 6 nitrogen and oxygen atoms in total. The van der Waals surface area contributed by atoms with E-state index in [1.54, 1.807) is 24.1 Å². The molecule has 0 aliphatic heterocycles. The number of halogens is 1. The third-order valence-corrected chi connectivity index (χ3v) is 3.53. The monoisotopic (exact) mass is 347 g/mol. The van der Waals surface area contributed by atoms with Crippen LogP contribution >= 0.6 is 15.9 Å². The fraction of sp³-hybridized carbons (Fsp3) is 0.143. The second kappa shape index (κ2) is 5.61. The lowest BCUT2D eigenvalue weighted by Crippen LogP contribution is -2.28. The van der Waals surface area contributed by atoms with Gasteiger partial charge in [0, 0.05) is 34.3 Å². The molecule has 1 aromatic carbocycles. The molecular weight excluding hydrogens is 334 g/mol. The minimum Gasteiger partial charge on any atom is -0.357 e. The van der Waals surface area contributed by atoms with Crippen molar-refractivity contribution in [1.29, 1.82) is 0 Å². The second-order valence-corrected chi connectivity index (χ2v) is 5.65. The van der Waals surface area contributed by atoms with Gasteiger partial charge in [-0.3, -0.25) is 4.68 Å². The highest BCUT2D eigenvalue weighted by molar-refractivity contribution is 9.10. The zero-order valence-corrected chi connectivity index (χ0v) is 12.9. The lowest BCUT2D eigenvalue weighted by molar-refractivity contribution is 0.251. The third kappa shape index (κ3) is 3.25. The van der Waals surface area contributed by atoms with Gasteiger partial charge in [0.05, 0.1) is 18.4 Å². The quantitative estimate of drug-likeness (QED) is 0.681. The van der Waals surface area contributed by atoms with Crippen LogP contribution in [-0.2, 0) is 13.6 Å². The molecule has 3 N–H and O–H groups in total. The number of aromatic amines is 1. The van der Waals surface area contributed by atoms with Crippen molar-refractivity contribution in [1.82, 2.24) is 20.1 Å². The maximum atomic E-state index is 11.8. The summed E-state index contributed by atoms with van der Waals surface area (Å²) in [5, 5.41) is 10.6. The minimum atomic E-state index is -0.261. The maximum Gasteiger partial charge on any atom is 0.319 e. The number of amides is 2. The van der Waals surface area contributed by atoms with Crippen molar-refractivity contribution >= 4 is 38.6 Å². The van der Waals surface area contributed by atoms with Gasteiger partial charge >= 0.3 is 6.03 Å². The van der Waals surface area contributed by atoms with Gasteiger partial charge in [0.2, 0.25) is 0 Å². The fourth-order valence-corrected chi connectivity index (χ4v) is 2.47. The summed E-state index contributed by atoms with van der Waals surface area (Å²) in [6.45, 7) is 0.429. The molecule has 3 aromatic rings. The molecule has 0 saturated heterocycles. The molecule has 0 aliphatic carbocycles. The zero-order chi connectivity index (χ0) is 14.8. The Balaban J connectivity index is 1.61. The van der Waals surface area contributed by atoms with Gasteiger partial charge in [-0.15, -0.1) is 0 Å². The normalized spacial score (nSPS) is 10.8. The molecular formula is C14H14BrN5O. The number of nitrogens with zero attached hydrogens (tertiary/aromatic N) is 2. The Hall–Kier alpha value is -2.28. The first-order chi connectivity index (χ1) is 10.1. The zero-order valence-electron chi connectivity index (χ0n) is 11.4. The summed E-state index contributed by atoms with van der Waals surface area (Å²) in [6.07, 6.45) is 3.33. The van der Waals surface area contributed by atoms with Crippen molar-refractivity contribution in [2.75, 3.05) is 5.32 Å². The molecule has 0 fully saturated rings. The van der Waals surface area contributed by atoms with E-state index in [1.807, 2.05) is 24.3 Å². The van der Waals surface area contributed by atoms with E-state index in [9.17, 15) is 4.79 Å². The summed E-state index contributed by atoms with van der Waals surface area (Å²) in [5.41, 5.74) is 2.66. The van der Waals surface area contributed by atoms with Crippen LogP contribution in [0.15, 0.2) is 41.1 Å². The Morgan fingerprint density at radius 1 is 1.43 bits per heavy atom. The average Bonchev–Trinajstić information content (AvgIpc) is 3.02. The van der Waals surface area contributed by atoms with Crippen LogP contribution < -0.4 is 10.6 Å². The molecule has 0 unspecified atom stereocenters. The van der Waals surface area contributed by atoms with Crippen LogP contribution in [0, 0.1) is 0 Å². The Labute approximate surface area is 129 Å². The predicted octanol–water partition coefficient (Wildman–Crippen LogP) is 2.99. The number of carbonyl (C=O) groups excluding carboxylic acids is 1. The van der Waals surface area contributed by atoms with E-state index in [2.05, 4.69) is 36.6 Å². The molecule has 0 saturated carbocycles. The number of fused-ring (bicyclic) bond motifs is 1. The van der Waals surface area contributed by atoms with Crippen LogP contribution in [0.4, 0.5) is 10.5 Å². The van der Waals surface area contributed by atoms with Crippen LogP contribution in [0.5, 0.6) is 0 Å². The Kier molecular flexibility index (Phi) is 3.66. The van der Waals surface area contributed by atoms with Crippen molar-refractivity contribution in [2.45, 2.75) is 6.54 Å². The molecule has 0 bridgehead atoms. The largest absolute Gasteiger partial charge is 0.357 e. The summed E-state index contributed by atoms with van der Waals surface area (Å²) in [7, 11) is 1.80. The van der Waals surface area contributed by atoms with Crippen LogP contribution in [0.2, 0.25) is 0 Å². The van der Waals surface area contributed by atoms with Gasteiger partial charge in [-0.05, 0) is 24.3 Å². The molecule has 108 valence electrons. The molecule has 2 aromatic heterocycles. The van der Waals surface area contributed by atoms with Gasteiger partial charge in [0.15, 0.2) is 0 Å². The Bertz CT molecular complexity index is 792. The third-order valence-electron chi connectivity index (χ3n) is 3.04. The number of aromatic nitrogens is 3. The molecule has 2 amide bonds. The number of nitrogens with one attached hydrogen (secondary N) is 3. The average molecular weight is 348 g/mol. The van der Waals surface area contributed by atoms with Crippen molar-refractivity contribution in [3.8, 4) is 0 Å². The summed E-state index contributed by atoms with van der Waals surface area (Å²) >= 11 is 3.44. The van der Waals surface area contributed by atoms with Crippen molar-refractivity contribution < 1.29 is 4.79 Å². The predicted molar refractivity (Wildman–Crippen MR) is 85.1 cm³/mol. The fourth-order valence-electron chi connectivity index (χ4n) is 2.10. The smallest absolute Gasteiger partial charge is 0.319 e. The summed E-state index contributed by atoms with van der Waals surface area (Å²) < 4.78 is 2.66. The molecule has 0 aliphatic rings. The first-order valence-corrected chi connectivity index (χ1v) is 7.20. The second-order valence-electron chi connectivity index (χ2n) is 4.74. The molecule has 21 heavy (non-hydrogen) atoms. The number of rotatable bonds is 3. The Morgan fingerprint density at radius 3 is 3.05 bits per heavy atom. The number of aryl methyl sites for hydroxylation is 1. The summed E-state index contributed by atoms with van der Waals surface area (Å²) in [5.74, 6) is 0. The van der Waals surface area contributed by atoms with Crippen molar-refractivity contribution in [2.24, 2.45) is 7.05 Å². The maximum absolute atomic E-state index is 11.8. The van der Waals surface area contributed by atoms with Crippen LogP contribution in [0.3, 0.4) is 0 Å². The topological polar surface area (TPSA) is 74.7 Å². The number of hydrogen-bond acceptors (Lipinski definition) is 2. The van der Waals surface area contributed by atoms with Crippen LogP contribution in [0.1, 0.15) is 5.69 Å². The molecule has 0 spiro atoms. The molecule has 0 radical (unpaired) electrons. The first-order valence-electron chi connectivity index (χ1n) is 6.41. The van der Waals surface area contributed by atoms with E-state index >= 15 is 0 Å². The highest BCUT2D eigenvalue weighted by Gasteiger charge is 2.05. The van der Waals surface area contributed by atoms with E-state index in [4.69, 9.17) is 0 Å². The SMILES string of the molecule is Cn1cc(NC(=O)NCc2cc3cc(Br)ccc3[nH]2)cn1. The molecule has 2 heterocycles. The van der Waals surface area contributed by atoms with Gasteiger partial charge in [-0.25, -0.2) is 4.79 Å². The lowest BCUT2D eigenvalue weighted by atomic mass is 10.2.